The number of carbonyl (C=O) groups is 3. The van der Waals surface area contributed by atoms with E-state index < -0.39 is 6.10 Å². The summed E-state index contributed by atoms with van der Waals surface area (Å²) in [5.74, 6) is 0.703. The Morgan fingerprint density at radius 2 is 2.00 bits per heavy atom. The standard InChI is InChI=1S/C19H24N4O5S/c1-27-14-7-12-13(8-15(14)28-2)21-16(22-19(12)26)9-29-10-17(24)23-5-3-11(4-6-23)18(20)25/h7-8,11,14H,3-6,9-10H2,1-2H3,(H2,20,25). The zero-order valence-electron chi connectivity index (χ0n) is 16.4. The number of carbonyl (C=O) groups excluding carboxylic acids is 3. The van der Waals surface area contributed by atoms with Crippen LogP contribution in [-0.4, -0.2) is 79.1 Å². The molecular formula is C19H24N4O5S. The number of nitrogens with zero attached hydrogens (tertiary/aromatic N) is 3. The van der Waals surface area contributed by atoms with Gasteiger partial charge in [-0.05, 0) is 18.9 Å². The molecule has 0 saturated carbocycles. The van der Waals surface area contributed by atoms with E-state index in [0.717, 1.165) is 0 Å². The number of likely N-dealkylation sites (tertiary alicyclic amines) is 1. The Morgan fingerprint density at radius 3 is 2.62 bits per heavy atom. The molecule has 3 aliphatic rings. The lowest BCUT2D eigenvalue weighted by Gasteiger charge is -2.30. The summed E-state index contributed by atoms with van der Waals surface area (Å²) in [6.07, 6.45) is 4.08. The van der Waals surface area contributed by atoms with Gasteiger partial charge in [-0.25, -0.2) is 4.99 Å². The van der Waals surface area contributed by atoms with E-state index in [1.165, 1.54) is 26.0 Å². The van der Waals surface area contributed by atoms with Crippen LogP contribution in [0.5, 0.6) is 0 Å². The van der Waals surface area contributed by atoms with Crippen LogP contribution < -0.4 is 5.73 Å². The summed E-state index contributed by atoms with van der Waals surface area (Å²) in [5, 5.41) is 0. The summed E-state index contributed by atoms with van der Waals surface area (Å²) in [6, 6.07) is 0. The number of ether oxygens (including phenoxy) is 2. The van der Waals surface area contributed by atoms with Crippen molar-refractivity contribution in [1.82, 2.24) is 4.90 Å². The molecule has 9 nitrogen and oxygen atoms in total. The first kappa shape index (κ1) is 21.3. The summed E-state index contributed by atoms with van der Waals surface area (Å²) in [4.78, 5) is 46.1. The molecule has 1 atom stereocenters. The van der Waals surface area contributed by atoms with Crippen molar-refractivity contribution in [2.24, 2.45) is 21.6 Å². The maximum Gasteiger partial charge on any atom is 0.280 e. The molecule has 0 bridgehead atoms. The monoisotopic (exact) mass is 420 g/mol. The number of nitrogens with two attached hydrogens (primary N) is 1. The fourth-order valence-electron chi connectivity index (χ4n) is 3.39. The smallest absolute Gasteiger partial charge is 0.280 e. The maximum atomic E-state index is 12.4. The average Bonchev–Trinajstić information content (AvgIpc) is 2.72. The number of piperidine rings is 1. The molecule has 1 fully saturated rings. The van der Waals surface area contributed by atoms with Gasteiger partial charge in [0.05, 0.1) is 29.9 Å². The van der Waals surface area contributed by atoms with Crippen LogP contribution in [0, 0.1) is 5.92 Å². The molecule has 0 aromatic rings. The second kappa shape index (κ2) is 9.36. The molecule has 0 aromatic carbocycles. The Labute approximate surface area is 173 Å². The lowest BCUT2D eigenvalue weighted by molar-refractivity contribution is -0.132. The number of primary amides is 1. The van der Waals surface area contributed by atoms with Crippen molar-refractivity contribution >= 4 is 41.0 Å². The number of amides is 3. The first-order chi connectivity index (χ1) is 13.9. The zero-order chi connectivity index (χ0) is 21.0. The molecule has 0 aromatic heterocycles. The highest BCUT2D eigenvalue weighted by molar-refractivity contribution is 8.00. The van der Waals surface area contributed by atoms with E-state index >= 15 is 0 Å². The molecule has 1 unspecified atom stereocenters. The van der Waals surface area contributed by atoms with Crippen molar-refractivity contribution in [3.05, 3.63) is 23.5 Å². The lowest BCUT2D eigenvalue weighted by Crippen LogP contribution is -2.42. The number of methoxy groups -OCH3 is 2. The van der Waals surface area contributed by atoms with E-state index in [2.05, 4.69) is 9.98 Å². The molecule has 29 heavy (non-hydrogen) atoms. The largest absolute Gasteiger partial charge is 0.498 e. The highest BCUT2D eigenvalue weighted by atomic mass is 32.2. The number of allylic oxidation sites excluding steroid dienone is 1. The van der Waals surface area contributed by atoms with Gasteiger partial charge >= 0.3 is 0 Å². The number of hydrogen-bond donors (Lipinski definition) is 1. The minimum atomic E-state index is -0.444. The number of hydrogen-bond acceptors (Lipinski definition) is 7. The quantitative estimate of drug-likeness (QED) is 0.632. The van der Waals surface area contributed by atoms with E-state index in [1.54, 1.807) is 17.1 Å². The molecule has 0 spiro atoms. The van der Waals surface area contributed by atoms with E-state index in [9.17, 15) is 14.4 Å². The number of fused-ring (bicyclic) bond motifs is 1. The second-order valence-electron chi connectivity index (χ2n) is 6.87. The molecule has 10 heteroatoms. The Kier molecular flexibility index (Phi) is 6.86. The van der Waals surface area contributed by atoms with E-state index in [1.807, 2.05) is 0 Å². The van der Waals surface area contributed by atoms with Crippen LogP contribution in [0.2, 0.25) is 0 Å². The minimum absolute atomic E-state index is 0.00365. The van der Waals surface area contributed by atoms with Crippen LogP contribution in [-0.2, 0) is 23.9 Å². The van der Waals surface area contributed by atoms with Gasteiger partial charge in [-0.3, -0.25) is 14.4 Å². The normalized spacial score (nSPS) is 22.2. The van der Waals surface area contributed by atoms with E-state index in [-0.39, 0.29) is 29.4 Å². The Bertz CT molecular complexity index is 824. The highest BCUT2D eigenvalue weighted by Gasteiger charge is 2.29. The van der Waals surface area contributed by atoms with Crippen molar-refractivity contribution in [3.8, 4) is 0 Å². The van der Waals surface area contributed by atoms with Gasteiger partial charge < -0.3 is 20.1 Å². The summed E-state index contributed by atoms with van der Waals surface area (Å²) >= 11 is 1.35. The van der Waals surface area contributed by atoms with Crippen LogP contribution in [0.25, 0.3) is 0 Å². The van der Waals surface area contributed by atoms with Crippen molar-refractivity contribution in [2.75, 3.05) is 38.8 Å². The van der Waals surface area contributed by atoms with E-state index in [4.69, 9.17) is 15.2 Å². The molecule has 2 N–H and O–H groups in total. The molecule has 1 aliphatic carbocycles. The molecule has 1 saturated heterocycles. The first-order valence-electron chi connectivity index (χ1n) is 9.29. The third-order valence-electron chi connectivity index (χ3n) is 5.06. The minimum Gasteiger partial charge on any atom is -0.498 e. The fraction of sp³-hybridized carbons (Fsp3) is 0.526. The van der Waals surface area contributed by atoms with Gasteiger partial charge in [0.25, 0.3) is 5.91 Å². The maximum absolute atomic E-state index is 12.4. The fourth-order valence-corrected chi connectivity index (χ4v) is 4.16. The van der Waals surface area contributed by atoms with Gasteiger partial charge in [-0.15, -0.1) is 11.8 Å². The zero-order valence-corrected chi connectivity index (χ0v) is 17.2. The Morgan fingerprint density at radius 1 is 1.28 bits per heavy atom. The van der Waals surface area contributed by atoms with Gasteiger partial charge in [-0.2, -0.15) is 4.99 Å². The first-order valence-corrected chi connectivity index (χ1v) is 10.4. The van der Waals surface area contributed by atoms with Gasteiger partial charge in [0.2, 0.25) is 11.8 Å². The molecular weight excluding hydrogens is 396 g/mol. The third-order valence-corrected chi connectivity index (χ3v) is 5.97. The van der Waals surface area contributed by atoms with Crippen LogP contribution >= 0.6 is 11.8 Å². The molecule has 2 aliphatic heterocycles. The average molecular weight is 420 g/mol. The summed E-state index contributed by atoms with van der Waals surface area (Å²) in [6.45, 7) is 1.07. The van der Waals surface area contributed by atoms with Crippen molar-refractivity contribution in [1.29, 1.82) is 0 Å². The van der Waals surface area contributed by atoms with Gasteiger partial charge in [0.1, 0.15) is 17.7 Å². The van der Waals surface area contributed by atoms with Gasteiger partial charge in [0.15, 0.2) is 0 Å². The molecule has 3 rings (SSSR count). The molecule has 3 amide bonds. The van der Waals surface area contributed by atoms with Crippen LogP contribution in [0.4, 0.5) is 0 Å². The van der Waals surface area contributed by atoms with Crippen LogP contribution in [0.3, 0.4) is 0 Å². The molecule has 2 heterocycles. The number of aliphatic imine (C=N–C) groups is 2. The van der Waals surface area contributed by atoms with Crippen molar-refractivity contribution < 1.29 is 23.9 Å². The summed E-state index contributed by atoms with van der Waals surface area (Å²) < 4.78 is 10.6. The number of amidine groups is 1. The predicted molar refractivity (Wildman–Crippen MR) is 110 cm³/mol. The highest BCUT2D eigenvalue weighted by Crippen LogP contribution is 2.23. The summed E-state index contributed by atoms with van der Waals surface area (Å²) in [7, 11) is 3.06. The van der Waals surface area contributed by atoms with Gasteiger partial charge in [-0.1, -0.05) is 0 Å². The van der Waals surface area contributed by atoms with Crippen LogP contribution in [0.15, 0.2) is 33.5 Å². The predicted octanol–water partition coefficient (Wildman–Crippen LogP) is 0.309. The molecule has 0 radical (unpaired) electrons. The lowest BCUT2D eigenvalue weighted by atomic mass is 9.96. The summed E-state index contributed by atoms with van der Waals surface area (Å²) in [5.41, 5.74) is 6.20. The third kappa shape index (κ3) is 4.94. The topological polar surface area (TPSA) is 124 Å². The van der Waals surface area contributed by atoms with Gasteiger partial charge in [0, 0.05) is 32.2 Å². The second-order valence-corrected chi connectivity index (χ2v) is 7.85. The SMILES string of the molecule is COC1=CC2=NC(CSCC(=O)N3CCC(C(N)=O)CC3)=NC(=O)C2=CC1OC. The van der Waals surface area contributed by atoms with Crippen molar-refractivity contribution in [2.45, 2.75) is 18.9 Å². The number of thioether (sulfide) groups is 1. The Balaban J connectivity index is 1.54. The van der Waals surface area contributed by atoms with E-state index in [0.29, 0.717) is 54.6 Å². The van der Waals surface area contributed by atoms with Crippen molar-refractivity contribution in [3.63, 3.8) is 0 Å². The number of rotatable bonds is 7. The molecule has 156 valence electrons. The van der Waals surface area contributed by atoms with Crippen LogP contribution in [0.1, 0.15) is 12.8 Å². The Hall–Kier alpha value is -2.46.